The Morgan fingerprint density at radius 3 is 2.73 bits per heavy atom. The molecule has 1 aromatic rings. The number of carbonyl (C=O) groups excluding carboxylic acids is 1. The first kappa shape index (κ1) is 21.8. The molecule has 1 unspecified atom stereocenters. The van der Waals surface area contributed by atoms with Crippen LogP contribution in [0.3, 0.4) is 0 Å². The average molecular weight is 511 g/mol. The lowest BCUT2D eigenvalue weighted by atomic mass is 9.88. The molecular formula is C18H28ClIN4OS. The Morgan fingerprint density at radius 2 is 2.08 bits per heavy atom. The number of hydrogen-bond donors (Lipinski definition) is 2. The first-order chi connectivity index (χ1) is 12.2. The maximum atomic E-state index is 12.7. The zero-order valence-corrected chi connectivity index (χ0v) is 19.1. The molecule has 1 amide bonds. The minimum Gasteiger partial charge on any atom is -0.352 e. The van der Waals surface area contributed by atoms with E-state index in [1.807, 2.05) is 17.0 Å². The molecule has 1 saturated carbocycles. The molecule has 1 aliphatic heterocycles. The molecule has 26 heavy (non-hydrogen) atoms. The molecule has 3 rings (SSSR count). The van der Waals surface area contributed by atoms with Gasteiger partial charge in [-0.2, -0.15) is 0 Å². The maximum Gasteiger partial charge on any atom is 0.225 e. The van der Waals surface area contributed by atoms with Gasteiger partial charge in [0, 0.05) is 37.0 Å². The Morgan fingerprint density at radius 1 is 1.31 bits per heavy atom. The van der Waals surface area contributed by atoms with Crippen molar-refractivity contribution < 1.29 is 4.79 Å². The van der Waals surface area contributed by atoms with Crippen molar-refractivity contribution in [3.8, 4) is 0 Å². The van der Waals surface area contributed by atoms with Gasteiger partial charge in [0.25, 0.3) is 0 Å². The molecule has 5 nitrogen and oxygen atoms in total. The predicted molar refractivity (Wildman–Crippen MR) is 120 cm³/mol. The highest BCUT2D eigenvalue weighted by Gasteiger charge is 2.31. The van der Waals surface area contributed by atoms with Crippen molar-refractivity contribution in [1.82, 2.24) is 15.5 Å². The van der Waals surface area contributed by atoms with Crippen molar-refractivity contribution in [2.24, 2.45) is 10.9 Å². The summed E-state index contributed by atoms with van der Waals surface area (Å²) in [7, 11) is 1.77. The lowest BCUT2D eigenvalue weighted by Crippen LogP contribution is -2.45. The van der Waals surface area contributed by atoms with Crippen LogP contribution in [-0.4, -0.2) is 42.9 Å². The summed E-state index contributed by atoms with van der Waals surface area (Å²) in [5.74, 6) is 1.40. The first-order valence-corrected chi connectivity index (χ1v) is 10.4. The van der Waals surface area contributed by atoms with Gasteiger partial charge in [-0.05, 0) is 31.4 Å². The second-order valence-electron chi connectivity index (χ2n) is 6.88. The number of aliphatic imine (C=N–C) groups is 1. The topological polar surface area (TPSA) is 56.7 Å². The quantitative estimate of drug-likeness (QED) is 0.367. The standard InChI is InChI=1S/C18H27ClN4OS.HI/c1-20-18(21-11-15-7-8-16(19)25-15)22-14-9-10-23(12-14)17(24)13-5-3-2-4-6-13;/h7-8,13-14H,2-6,9-12H2,1H3,(H2,20,21,22);1H. The van der Waals surface area contributed by atoms with E-state index < -0.39 is 0 Å². The molecule has 2 N–H and O–H groups in total. The van der Waals surface area contributed by atoms with Gasteiger partial charge in [0.05, 0.1) is 10.9 Å². The summed E-state index contributed by atoms with van der Waals surface area (Å²) in [6.45, 7) is 2.33. The van der Waals surface area contributed by atoms with Crippen molar-refractivity contribution in [3.63, 3.8) is 0 Å². The normalized spacial score (nSPS) is 21.4. The third-order valence-electron chi connectivity index (χ3n) is 5.08. The number of likely N-dealkylation sites (tertiary alicyclic amines) is 1. The van der Waals surface area contributed by atoms with Crippen LogP contribution >= 0.6 is 46.9 Å². The molecule has 1 atom stereocenters. The van der Waals surface area contributed by atoms with Crippen LogP contribution in [0.4, 0.5) is 0 Å². The van der Waals surface area contributed by atoms with Gasteiger partial charge in [0.2, 0.25) is 5.91 Å². The van der Waals surface area contributed by atoms with E-state index in [1.165, 1.54) is 24.1 Å². The van der Waals surface area contributed by atoms with Crippen LogP contribution in [-0.2, 0) is 11.3 Å². The van der Waals surface area contributed by atoms with Crippen molar-refractivity contribution in [3.05, 3.63) is 21.3 Å². The molecule has 0 bridgehead atoms. The molecule has 2 heterocycles. The van der Waals surface area contributed by atoms with Crippen LogP contribution in [0.25, 0.3) is 0 Å². The Bertz CT molecular complexity index is 618. The average Bonchev–Trinajstić information content (AvgIpc) is 3.27. The van der Waals surface area contributed by atoms with Crippen LogP contribution < -0.4 is 10.6 Å². The van der Waals surface area contributed by atoms with Crippen LogP contribution in [0.2, 0.25) is 4.34 Å². The number of guanidine groups is 1. The highest BCUT2D eigenvalue weighted by molar-refractivity contribution is 14.0. The van der Waals surface area contributed by atoms with E-state index in [-0.39, 0.29) is 35.9 Å². The van der Waals surface area contributed by atoms with Crippen LogP contribution in [0.1, 0.15) is 43.4 Å². The fourth-order valence-electron chi connectivity index (χ4n) is 3.69. The molecular weight excluding hydrogens is 483 g/mol. The van der Waals surface area contributed by atoms with Crippen molar-refractivity contribution in [2.75, 3.05) is 20.1 Å². The Labute approximate surface area is 182 Å². The molecule has 0 aromatic carbocycles. The summed E-state index contributed by atoms with van der Waals surface area (Å²) in [4.78, 5) is 20.2. The van der Waals surface area contributed by atoms with E-state index in [0.717, 1.165) is 42.6 Å². The first-order valence-electron chi connectivity index (χ1n) is 9.16. The van der Waals surface area contributed by atoms with Gasteiger partial charge in [-0.25, -0.2) is 0 Å². The van der Waals surface area contributed by atoms with Crippen molar-refractivity contribution in [1.29, 1.82) is 0 Å². The van der Waals surface area contributed by atoms with Crippen LogP contribution in [0.15, 0.2) is 17.1 Å². The van der Waals surface area contributed by atoms with Gasteiger partial charge in [-0.1, -0.05) is 30.9 Å². The lowest BCUT2D eigenvalue weighted by Gasteiger charge is -2.26. The molecule has 2 aliphatic rings. The number of hydrogen-bond acceptors (Lipinski definition) is 3. The molecule has 1 aliphatic carbocycles. The van der Waals surface area contributed by atoms with Gasteiger partial charge in [-0.15, -0.1) is 35.3 Å². The number of carbonyl (C=O) groups is 1. The van der Waals surface area contributed by atoms with Crippen LogP contribution in [0, 0.1) is 5.92 Å². The lowest BCUT2D eigenvalue weighted by molar-refractivity contribution is -0.135. The van der Waals surface area contributed by atoms with E-state index in [9.17, 15) is 4.79 Å². The molecule has 8 heteroatoms. The predicted octanol–water partition coefficient (Wildman–Crippen LogP) is 3.87. The van der Waals surface area contributed by atoms with Gasteiger partial charge < -0.3 is 15.5 Å². The number of thiophene rings is 1. The number of rotatable bonds is 4. The smallest absolute Gasteiger partial charge is 0.225 e. The van der Waals surface area contributed by atoms with E-state index in [2.05, 4.69) is 15.6 Å². The molecule has 146 valence electrons. The Kier molecular flexibility index (Phi) is 8.96. The Hall–Kier alpha value is -0.540. The number of nitrogens with one attached hydrogen (secondary N) is 2. The molecule has 1 saturated heterocycles. The number of halogens is 2. The van der Waals surface area contributed by atoms with Crippen LogP contribution in [0.5, 0.6) is 0 Å². The summed E-state index contributed by atoms with van der Waals surface area (Å²) >= 11 is 7.53. The van der Waals surface area contributed by atoms with Gasteiger partial charge >= 0.3 is 0 Å². The maximum absolute atomic E-state index is 12.7. The zero-order valence-electron chi connectivity index (χ0n) is 15.2. The van der Waals surface area contributed by atoms with Gasteiger partial charge in [0.15, 0.2) is 5.96 Å². The Balaban J connectivity index is 0.00000243. The summed E-state index contributed by atoms with van der Waals surface area (Å²) in [5.41, 5.74) is 0. The highest BCUT2D eigenvalue weighted by Crippen LogP contribution is 2.26. The molecule has 0 radical (unpaired) electrons. The largest absolute Gasteiger partial charge is 0.352 e. The summed E-state index contributed by atoms with van der Waals surface area (Å²) < 4.78 is 0.799. The molecule has 0 spiro atoms. The minimum atomic E-state index is 0. The third-order valence-corrected chi connectivity index (χ3v) is 6.31. The van der Waals surface area contributed by atoms with E-state index in [1.54, 1.807) is 18.4 Å². The fourth-order valence-corrected chi connectivity index (χ4v) is 4.72. The monoisotopic (exact) mass is 510 g/mol. The highest BCUT2D eigenvalue weighted by atomic mass is 127. The molecule has 1 aromatic heterocycles. The SMILES string of the molecule is CN=C(NCc1ccc(Cl)s1)NC1CCN(C(=O)C2CCCCC2)C1.I. The van der Waals surface area contributed by atoms with E-state index in [4.69, 9.17) is 11.6 Å². The molecule has 2 fully saturated rings. The second kappa shape index (κ2) is 10.7. The van der Waals surface area contributed by atoms with Crippen molar-refractivity contribution >= 4 is 58.8 Å². The van der Waals surface area contributed by atoms with E-state index in [0.29, 0.717) is 12.5 Å². The number of amides is 1. The van der Waals surface area contributed by atoms with Gasteiger partial charge in [-0.3, -0.25) is 9.79 Å². The zero-order chi connectivity index (χ0) is 17.6. The summed E-state index contributed by atoms with van der Waals surface area (Å²) in [5, 5.41) is 6.77. The van der Waals surface area contributed by atoms with Crippen molar-refractivity contribution in [2.45, 2.75) is 51.1 Å². The van der Waals surface area contributed by atoms with Gasteiger partial charge in [0.1, 0.15) is 0 Å². The fraction of sp³-hybridized carbons (Fsp3) is 0.667. The summed E-state index contributed by atoms with van der Waals surface area (Å²) in [6.07, 6.45) is 6.81. The van der Waals surface area contributed by atoms with E-state index >= 15 is 0 Å². The third kappa shape index (κ3) is 5.99. The second-order valence-corrected chi connectivity index (χ2v) is 8.68. The minimum absolute atomic E-state index is 0. The summed E-state index contributed by atoms with van der Waals surface area (Å²) in [6, 6.07) is 4.20. The number of nitrogens with zero attached hydrogens (tertiary/aromatic N) is 2.